The monoisotopic (exact) mass is 260 g/mol. The van der Waals surface area contributed by atoms with Crippen molar-refractivity contribution >= 4 is 11.6 Å². The van der Waals surface area contributed by atoms with Crippen LogP contribution in [0.5, 0.6) is 0 Å². The van der Waals surface area contributed by atoms with Gasteiger partial charge in [0, 0.05) is 11.7 Å². The number of anilines is 1. The highest BCUT2D eigenvalue weighted by Crippen LogP contribution is 2.12. The predicted molar refractivity (Wildman–Crippen MR) is 70.9 cm³/mol. The molecule has 19 heavy (non-hydrogen) atoms. The van der Waals surface area contributed by atoms with Crippen LogP contribution in [0.2, 0.25) is 0 Å². The number of carbonyl (C=O) groups is 1. The number of rotatable bonds is 5. The molecule has 0 radical (unpaired) electrons. The molecule has 1 aromatic heterocycles. The second-order valence-electron chi connectivity index (χ2n) is 4.39. The molecule has 0 bridgehead atoms. The third-order valence-electron chi connectivity index (χ3n) is 2.41. The first-order chi connectivity index (χ1) is 9.15. The molecule has 0 spiro atoms. The molecular formula is C12H16N6O. The van der Waals surface area contributed by atoms with Crippen molar-refractivity contribution < 1.29 is 4.79 Å². The highest BCUT2D eigenvalue weighted by molar-refractivity contribution is 5.92. The first kappa shape index (κ1) is 13.2. The summed E-state index contributed by atoms with van der Waals surface area (Å²) in [6.45, 7) is 4.27. The van der Waals surface area contributed by atoms with E-state index in [0.717, 1.165) is 5.69 Å². The van der Waals surface area contributed by atoms with Gasteiger partial charge in [-0.3, -0.25) is 4.79 Å². The molecule has 1 heterocycles. The van der Waals surface area contributed by atoms with Crippen molar-refractivity contribution in [2.24, 2.45) is 0 Å². The third kappa shape index (κ3) is 3.85. The fourth-order valence-electron chi connectivity index (χ4n) is 1.51. The number of nitrogens with zero attached hydrogens (tertiary/aromatic N) is 4. The van der Waals surface area contributed by atoms with E-state index in [1.165, 1.54) is 11.0 Å². The number of aromatic nitrogens is 4. The molecule has 2 N–H and O–H groups in total. The summed E-state index contributed by atoms with van der Waals surface area (Å²) in [6, 6.07) is 7.60. The zero-order valence-corrected chi connectivity index (χ0v) is 10.9. The summed E-state index contributed by atoms with van der Waals surface area (Å²) in [5.74, 6) is -0.0810. The molecule has 100 valence electrons. The predicted octanol–water partition coefficient (Wildman–Crippen LogP) is 0.599. The lowest BCUT2D eigenvalue weighted by Gasteiger charge is -2.09. The van der Waals surface area contributed by atoms with Crippen LogP contribution >= 0.6 is 0 Å². The fourth-order valence-corrected chi connectivity index (χ4v) is 1.51. The Balaban J connectivity index is 2.01. The van der Waals surface area contributed by atoms with Crippen molar-refractivity contribution in [2.75, 3.05) is 11.9 Å². The molecule has 0 aliphatic heterocycles. The van der Waals surface area contributed by atoms with Crippen molar-refractivity contribution in [1.82, 2.24) is 25.5 Å². The van der Waals surface area contributed by atoms with Crippen molar-refractivity contribution in [3.8, 4) is 5.69 Å². The average Bonchev–Trinajstić information content (AvgIpc) is 2.90. The molecule has 0 aliphatic carbocycles. The molecule has 0 aliphatic rings. The fraction of sp³-hybridized carbons (Fsp3) is 0.333. The molecule has 7 nitrogen and oxygen atoms in total. The Morgan fingerprint density at radius 2 is 2.26 bits per heavy atom. The van der Waals surface area contributed by atoms with Gasteiger partial charge in [-0.15, -0.1) is 5.10 Å². The normalized spacial score (nSPS) is 10.7. The van der Waals surface area contributed by atoms with Crippen LogP contribution in [-0.4, -0.2) is 38.7 Å². The summed E-state index contributed by atoms with van der Waals surface area (Å²) in [6.07, 6.45) is 1.50. The minimum Gasteiger partial charge on any atom is -0.325 e. The summed E-state index contributed by atoms with van der Waals surface area (Å²) < 4.78 is 1.53. The Kier molecular flexibility index (Phi) is 4.19. The van der Waals surface area contributed by atoms with Crippen molar-refractivity contribution in [2.45, 2.75) is 19.9 Å². The van der Waals surface area contributed by atoms with Gasteiger partial charge in [-0.05, 0) is 28.6 Å². The van der Waals surface area contributed by atoms with Crippen molar-refractivity contribution in [1.29, 1.82) is 0 Å². The molecule has 1 aromatic carbocycles. The number of nitrogens with one attached hydrogen (secondary N) is 2. The highest BCUT2D eigenvalue weighted by atomic mass is 16.1. The molecule has 0 saturated heterocycles. The van der Waals surface area contributed by atoms with E-state index >= 15 is 0 Å². The summed E-state index contributed by atoms with van der Waals surface area (Å²) in [5.41, 5.74) is 1.50. The Hall–Kier alpha value is -2.28. The van der Waals surface area contributed by atoms with E-state index in [9.17, 15) is 4.79 Å². The van der Waals surface area contributed by atoms with Gasteiger partial charge < -0.3 is 10.6 Å². The maximum Gasteiger partial charge on any atom is 0.238 e. The quantitative estimate of drug-likeness (QED) is 0.822. The van der Waals surface area contributed by atoms with E-state index in [0.29, 0.717) is 5.69 Å². The topological polar surface area (TPSA) is 84.7 Å². The summed E-state index contributed by atoms with van der Waals surface area (Å²) in [4.78, 5) is 11.7. The van der Waals surface area contributed by atoms with Gasteiger partial charge in [0.1, 0.15) is 6.33 Å². The molecular weight excluding hydrogens is 244 g/mol. The van der Waals surface area contributed by atoms with E-state index in [-0.39, 0.29) is 18.5 Å². The standard InChI is InChI=1S/C12H16N6O/c1-9(2)13-7-12(19)15-10-4-3-5-11(6-10)18-8-14-16-17-18/h3-6,8-9,13H,7H2,1-2H3,(H,15,19). The van der Waals surface area contributed by atoms with E-state index in [1.54, 1.807) is 0 Å². The van der Waals surface area contributed by atoms with Gasteiger partial charge in [-0.2, -0.15) is 0 Å². The van der Waals surface area contributed by atoms with Gasteiger partial charge in [0.25, 0.3) is 0 Å². The summed E-state index contributed by atoms with van der Waals surface area (Å²) in [5, 5.41) is 16.8. The van der Waals surface area contributed by atoms with Crippen LogP contribution in [0.4, 0.5) is 5.69 Å². The Bertz CT molecular complexity index is 537. The van der Waals surface area contributed by atoms with Crippen molar-refractivity contribution in [3.63, 3.8) is 0 Å². The maximum atomic E-state index is 11.7. The second-order valence-corrected chi connectivity index (χ2v) is 4.39. The van der Waals surface area contributed by atoms with E-state index in [2.05, 4.69) is 26.2 Å². The minimum atomic E-state index is -0.0810. The second kappa shape index (κ2) is 6.05. The lowest BCUT2D eigenvalue weighted by Crippen LogP contribution is -2.32. The van der Waals surface area contributed by atoms with Gasteiger partial charge in [-0.25, -0.2) is 4.68 Å². The molecule has 0 fully saturated rings. The van der Waals surface area contributed by atoms with Crippen LogP contribution < -0.4 is 10.6 Å². The first-order valence-corrected chi connectivity index (χ1v) is 6.02. The number of benzene rings is 1. The average molecular weight is 260 g/mol. The van der Waals surface area contributed by atoms with Gasteiger partial charge in [0.15, 0.2) is 0 Å². The van der Waals surface area contributed by atoms with Crippen LogP contribution in [0.25, 0.3) is 5.69 Å². The minimum absolute atomic E-state index is 0.0810. The van der Waals surface area contributed by atoms with Crippen LogP contribution in [0.3, 0.4) is 0 Å². The lowest BCUT2D eigenvalue weighted by atomic mass is 10.2. The number of hydrogen-bond donors (Lipinski definition) is 2. The largest absolute Gasteiger partial charge is 0.325 e. The Morgan fingerprint density at radius 3 is 2.95 bits per heavy atom. The maximum absolute atomic E-state index is 11.7. The van der Waals surface area contributed by atoms with Gasteiger partial charge in [0.2, 0.25) is 5.91 Å². The summed E-state index contributed by atoms with van der Waals surface area (Å²) >= 11 is 0. The zero-order chi connectivity index (χ0) is 13.7. The SMILES string of the molecule is CC(C)NCC(=O)Nc1cccc(-n2cnnn2)c1. The van der Waals surface area contributed by atoms with Crippen LogP contribution in [0, 0.1) is 0 Å². The molecule has 0 saturated carbocycles. The third-order valence-corrected chi connectivity index (χ3v) is 2.41. The number of hydrogen-bond acceptors (Lipinski definition) is 5. The Morgan fingerprint density at radius 1 is 1.42 bits per heavy atom. The molecule has 0 atom stereocenters. The highest BCUT2D eigenvalue weighted by Gasteiger charge is 2.04. The molecule has 7 heteroatoms. The number of tetrazole rings is 1. The Labute approximate surface area is 111 Å². The molecule has 2 rings (SSSR count). The molecule has 0 unspecified atom stereocenters. The van der Waals surface area contributed by atoms with Gasteiger partial charge in [0.05, 0.1) is 12.2 Å². The van der Waals surface area contributed by atoms with E-state index in [4.69, 9.17) is 0 Å². The van der Waals surface area contributed by atoms with E-state index < -0.39 is 0 Å². The van der Waals surface area contributed by atoms with Crippen LogP contribution in [0.15, 0.2) is 30.6 Å². The van der Waals surface area contributed by atoms with E-state index in [1.807, 2.05) is 38.1 Å². The summed E-state index contributed by atoms with van der Waals surface area (Å²) in [7, 11) is 0. The van der Waals surface area contributed by atoms with Crippen LogP contribution in [0.1, 0.15) is 13.8 Å². The van der Waals surface area contributed by atoms with Gasteiger partial charge in [-0.1, -0.05) is 19.9 Å². The first-order valence-electron chi connectivity index (χ1n) is 6.02. The van der Waals surface area contributed by atoms with Crippen molar-refractivity contribution in [3.05, 3.63) is 30.6 Å². The smallest absolute Gasteiger partial charge is 0.238 e. The molecule has 1 amide bonds. The van der Waals surface area contributed by atoms with Gasteiger partial charge >= 0.3 is 0 Å². The number of amides is 1. The van der Waals surface area contributed by atoms with Crippen LogP contribution in [-0.2, 0) is 4.79 Å². The zero-order valence-electron chi connectivity index (χ0n) is 10.9. The molecule has 2 aromatic rings. The number of carbonyl (C=O) groups excluding carboxylic acids is 1. The lowest BCUT2D eigenvalue weighted by molar-refractivity contribution is -0.115.